The molecule has 0 aliphatic heterocycles. The number of phosphoric acid groups is 1. The number of carbonyl (C=O) groups is 2. The first-order valence-corrected chi connectivity index (χ1v) is 28.2. The SMILES string of the molecule is CC/C=C\C/C=C\C/C=C\C/C=C\CCCCCCCCCCCCCOCC(COP(=O)(O)OCC(N)C(=O)O)OC(=O)CCCCCCCCCCCCCCCCCCCCC. The van der Waals surface area contributed by atoms with Crippen molar-refractivity contribution in [2.75, 3.05) is 26.4 Å². The quantitative estimate of drug-likeness (QED) is 0.0232. The zero-order valence-electron chi connectivity index (χ0n) is 41.8. The van der Waals surface area contributed by atoms with Crippen molar-refractivity contribution in [1.82, 2.24) is 0 Å². The molecule has 0 saturated heterocycles. The van der Waals surface area contributed by atoms with E-state index in [1.165, 1.54) is 161 Å². The number of carbonyl (C=O) groups excluding carboxylic acids is 1. The smallest absolute Gasteiger partial charge is 0.472 e. The van der Waals surface area contributed by atoms with Gasteiger partial charge in [0, 0.05) is 13.0 Å². The zero-order chi connectivity index (χ0) is 47.6. The lowest BCUT2D eigenvalue weighted by molar-refractivity contribution is -0.154. The Balaban J connectivity index is 4.09. The summed E-state index contributed by atoms with van der Waals surface area (Å²) in [4.78, 5) is 33.7. The van der Waals surface area contributed by atoms with E-state index in [0.29, 0.717) is 13.0 Å². The van der Waals surface area contributed by atoms with Gasteiger partial charge in [0.05, 0.1) is 19.8 Å². The normalized spacial score (nSPS) is 14.0. The van der Waals surface area contributed by atoms with E-state index in [0.717, 1.165) is 57.8 Å². The highest BCUT2D eigenvalue weighted by molar-refractivity contribution is 7.47. The number of hydrogen-bond donors (Lipinski definition) is 3. The van der Waals surface area contributed by atoms with Crippen LogP contribution in [0.5, 0.6) is 0 Å². The molecule has 0 aromatic carbocycles. The number of carboxylic acids is 1. The number of ether oxygens (including phenoxy) is 2. The predicted octanol–water partition coefficient (Wildman–Crippen LogP) is 15.8. The Hall–Kier alpha value is -2.07. The minimum Gasteiger partial charge on any atom is -0.480 e. The van der Waals surface area contributed by atoms with Crippen LogP contribution in [0.3, 0.4) is 0 Å². The fraction of sp³-hybridized carbons (Fsp3) is 0.815. The monoisotopic (exact) mass is 938 g/mol. The molecule has 3 atom stereocenters. The molecule has 0 radical (unpaired) electrons. The molecule has 0 rings (SSSR count). The molecule has 11 heteroatoms. The van der Waals surface area contributed by atoms with Crippen LogP contribution in [0.25, 0.3) is 0 Å². The molecule has 0 aliphatic rings. The minimum atomic E-state index is -4.62. The van der Waals surface area contributed by atoms with E-state index in [4.69, 9.17) is 29.4 Å². The zero-order valence-corrected chi connectivity index (χ0v) is 42.7. The summed E-state index contributed by atoms with van der Waals surface area (Å²) in [5.41, 5.74) is 5.38. The lowest BCUT2D eigenvalue weighted by Gasteiger charge is -2.20. The third kappa shape index (κ3) is 49.7. The second-order valence-corrected chi connectivity index (χ2v) is 19.4. The molecule has 0 amide bonds. The topological polar surface area (TPSA) is 155 Å². The first kappa shape index (κ1) is 62.9. The highest BCUT2D eigenvalue weighted by Crippen LogP contribution is 2.43. The van der Waals surface area contributed by atoms with E-state index in [-0.39, 0.29) is 13.0 Å². The highest BCUT2D eigenvalue weighted by Gasteiger charge is 2.27. The number of allylic oxidation sites excluding steroid dienone is 8. The van der Waals surface area contributed by atoms with Crippen LogP contribution in [0.2, 0.25) is 0 Å². The maximum atomic E-state index is 12.7. The number of unbranched alkanes of at least 4 members (excludes halogenated alkanes) is 29. The molecule has 380 valence electrons. The highest BCUT2D eigenvalue weighted by atomic mass is 31.2. The summed E-state index contributed by atoms with van der Waals surface area (Å²) < 4.78 is 33.6. The molecule has 10 nitrogen and oxygen atoms in total. The van der Waals surface area contributed by atoms with Gasteiger partial charge in [0.1, 0.15) is 12.1 Å². The average Bonchev–Trinajstić information content (AvgIpc) is 3.29. The first-order valence-electron chi connectivity index (χ1n) is 26.7. The van der Waals surface area contributed by atoms with Gasteiger partial charge in [-0.1, -0.05) is 236 Å². The van der Waals surface area contributed by atoms with Gasteiger partial charge in [-0.3, -0.25) is 18.6 Å². The first-order chi connectivity index (χ1) is 31.7. The van der Waals surface area contributed by atoms with Crippen molar-refractivity contribution in [1.29, 1.82) is 0 Å². The lowest BCUT2D eigenvalue weighted by Crippen LogP contribution is -2.34. The molecule has 0 aromatic heterocycles. The van der Waals surface area contributed by atoms with Crippen molar-refractivity contribution in [3.05, 3.63) is 48.6 Å². The van der Waals surface area contributed by atoms with E-state index in [1.807, 2.05) is 0 Å². The third-order valence-corrected chi connectivity index (χ3v) is 12.6. The van der Waals surface area contributed by atoms with Gasteiger partial charge in [-0.25, -0.2) is 4.57 Å². The van der Waals surface area contributed by atoms with Crippen molar-refractivity contribution < 1.29 is 42.7 Å². The number of rotatable bonds is 51. The fourth-order valence-corrected chi connectivity index (χ4v) is 8.32. The summed E-state index contributed by atoms with van der Waals surface area (Å²) in [6.45, 7) is 3.81. The van der Waals surface area contributed by atoms with Crippen LogP contribution in [0.1, 0.15) is 245 Å². The van der Waals surface area contributed by atoms with Gasteiger partial charge in [-0.15, -0.1) is 0 Å². The summed E-state index contributed by atoms with van der Waals surface area (Å²) in [6.07, 6.45) is 60.3. The molecule has 0 fully saturated rings. The second kappa shape index (κ2) is 49.8. The van der Waals surface area contributed by atoms with E-state index >= 15 is 0 Å². The Morgan fingerprint density at radius 3 is 1.34 bits per heavy atom. The van der Waals surface area contributed by atoms with Crippen molar-refractivity contribution in [3.63, 3.8) is 0 Å². The maximum Gasteiger partial charge on any atom is 0.472 e. The number of carboxylic acid groups (broad SMARTS) is 1. The van der Waals surface area contributed by atoms with Crippen LogP contribution in [-0.4, -0.2) is 60.5 Å². The van der Waals surface area contributed by atoms with E-state index in [9.17, 15) is 19.0 Å². The summed E-state index contributed by atoms with van der Waals surface area (Å²) >= 11 is 0. The summed E-state index contributed by atoms with van der Waals surface area (Å²) in [6, 6.07) is -1.47. The van der Waals surface area contributed by atoms with Gasteiger partial charge in [-0.2, -0.15) is 0 Å². The van der Waals surface area contributed by atoms with Crippen LogP contribution >= 0.6 is 7.82 Å². The summed E-state index contributed by atoms with van der Waals surface area (Å²) in [7, 11) is -4.62. The van der Waals surface area contributed by atoms with E-state index < -0.39 is 45.1 Å². The number of phosphoric ester groups is 1. The van der Waals surface area contributed by atoms with Gasteiger partial charge in [0.15, 0.2) is 0 Å². The van der Waals surface area contributed by atoms with Crippen LogP contribution < -0.4 is 5.73 Å². The second-order valence-electron chi connectivity index (χ2n) is 18.0. The Labute approximate surface area is 399 Å². The number of nitrogens with two attached hydrogens (primary N) is 1. The molecule has 0 bridgehead atoms. The maximum absolute atomic E-state index is 12.7. The van der Waals surface area contributed by atoms with Crippen molar-refractivity contribution in [2.45, 2.75) is 257 Å². The van der Waals surface area contributed by atoms with Gasteiger partial charge < -0.3 is 25.2 Å². The summed E-state index contributed by atoms with van der Waals surface area (Å²) in [5.74, 6) is -1.77. The Bertz CT molecular complexity index is 1220. The minimum absolute atomic E-state index is 0.0169. The molecule has 65 heavy (non-hydrogen) atoms. The Morgan fingerprint density at radius 2 is 0.892 bits per heavy atom. The fourth-order valence-electron chi connectivity index (χ4n) is 7.54. The third-order valence-electron chi connectivity index (χ3n) is 11.6. The van der Waals surface area contributed by atoms with Crippen LogP contribution in [0, 0.1) is 0 Å². The molecule has 0 spiro atoms. The molecule has 0 aromatic rings. The molecular weight excluding hydrogens is 838 g/mol. The van der Waals surface area contributed by atoms with Gasteiger partial charge >= 0.3 is 19.8 Å². The lowest BCUT2D eigenvalue weighted by atomic mass is 10.0. The van der Waals surface area contributed by atoms with Crippen LogP contribution in [0.15, 0.2) is 48.6 Å². The van der Waals surface area contributed by atoms with E-state index in [1.54, 1.807) is 0 Å². The van der Waals surface area contributed by atoms with Crippen LogP contribution in [-0.2, 0) is 32.7 Å². The molecular formula is C54H100NO9P. The van der Waals surface area contributed by atoms with Gasteiger partial charge in [0.2, 0.25) is 0 Å². The van der Waals surface area contributed by atoms with Gasteiger partial charge in [-0.05, 0) is 51.4 Å². The number of aliphatic carboxylic acids is 1. The van der Waals surface area contributed by atoms with Crippen LogP contribution in [0.4, 0.5) is 0 Å². The van der Waals surface area contributed by atoms with E-state index in [2.05, 4.69) is 62.5 Å². The Morgan fingerprint density at radius 1 is 0.508 bits per heavy atom. The largest absolute Gasteiger partial charge is 0.480 e. The molecule has 0 saturated carbocycles. The standard InChI is InChI=1S/C54H100NO9P/c1-3-5-7-9-11-13-15-17-19-21-23-24-25-26-27-29-31-33-35-37-39-41-43-45-47-61-48-51(49-62-65(59,60)63-50-52(55)54(57)58)64-53(56)46-44-42-40-38-36-34-32-30-28-22-20-18-16-14-12-10-8-6-4-2/h5,7,11,13,17,19,23-24,51-52H,3-4,6,8-10,12,14-16,18,20-22,25-50,55H2,1-2H3,(H,57,58)(H,59,60)/b7-5-,13-11-,19-17-,24-23-. The van der Waals surface area contributed by atoms with Gasteiger partial charge in [0.25, 0.3) is 0 Å². The summed E-state index contributed by atoms with van der Waals surface area (Å²) in [5, 5.41) is 8.94. The number of esters is 1. The van der Waals surface area contributed by atoms with Crippen molar-refractivity contribution in [2.24, 2.45) is 5.73 Å². The van der Waals surface area contributed by atoms with Crippen molar-refractivity contribution >= 4 is 19.8 Å². The van der Waals surface area contributed by atoms with Crippen molar-refractivity contribution in [3.8, 4) is 0 Å². The molecule has 0 heterocycles. The molecule has 4 N–H and O–H groups in total. The molecule has 3 unspecified atom stereocenters. The Kier molecular flexibility index (Phi) is 48.2. The number of hydrogen-bond acceptors (Lipinski definition) is 8. The predicted molar refractivity (Wildman–Crippen MR) is 272 cm³/mol. The molecule has 0 aliphatic carbocycles. The average molecular weight is 938 g/mol.